The Balaban J connectivity index is 2.61. The summed E-state index contributed by atoms with van der Waals surface area (Å²) in [4.78, 5) is 11.4. The summed E-state index contributed by atoms with van der Waals surface area (Å²) in [6.45, 7) is 7.82. The van der Waals surface area contributed by atoms with Gasteiger partial charge in [0, 0.05) is 5.56 Å². The molecule has 0 saturated heterocycles. The normalized spacial score (nSPS) is 10.6. The fourth-order valence-corrected chi connectivity index (χ4v) is 2.91. The molecule has 0 amide bonds. The Bertz CT molecular complexity index is 633. The van der Waals surface area contributed by atoms with Crippen LogP contribution in [0.4, 0.5) is 0 Å². The highest BCUT2D eigenvalue weighted by Gasteiger charge is 2.10. The molecule has 0 radical (unpaired) electrons. The first kappa shape index (κ1) is 13.8. The maximum Gasteiger partial charge on any atom is 0.161 e. The van der Waals surface area contributed by atoms with Crippen LogP contribution in [0.1, 0.15) is 34.0 Å². The van der Waals surface area contributed by atoms with E-state index in [4.69, 9.17) is 11.6 Å². The van der Waals surface area contributed by atoms with Gasteiger partial charge in [0.1, 0.15) is 0 Å². The van der Waals surface area contributed by atoms with E-state index in [1.54, 1.807) is 6.07 Å². The van der Waals surface area contributed by atoms with Crippen molar-refractivity contribution in [2.75, 3.05) is 0 Å². The number of rotatable bonds is 2. The van der Waals surface area contributed by atoms with Gasteiger partial charge in [0.2, 0.25) is 0 Å². The molecular weight excluding hydrogens is 256 g/mol. The predicted molar refractivity (Wildman–Crippen MR) is 81.1 cm³/mol. The number of aryl methyl sites for hydroxylation is 3. The third-order valence-corrected chi connectivity index (χ3v) is 3.63. The number of ketones is 1. The van der Waals surface area contributed by atoms with Crippen molar-refractivity contribution in [3.63, 3.8) is 0 Å². The van der Waals surface area contributed by atoms with Crippen LogP contribution >= 0.6 is 11.6 Å². The molecule has 0 spiro atoms. The van der Waals surface area contributed by atoms with Gasteiger partial charge in [-0.15, -0.1) is 0 Å². The van der Waals surface area contributed by atoms with Crippen molar-refractivity contribution in [3.05, 3.63) is 57.6 Å². The molecule has 2 heteroatoms. The van der Waals surface area contributed by atoms with Gasteiger partial charge in [0.05, 0.1) is 5.02 Å². The standard InChI is InChI=1S/C17H17ClO/c1-10-7-11(2)17(12(3)8-10)14-5-6-15(13(4)19)16(18)9-14/h5-9H,1-4H3. The molecule has 0 atom stereocenters. The number of carbonyl (C=O) groups excluding carboxylic acids is 1. The largest absolute Gasteiger partial charge is 0.294 e. The van der Waals surface area contributed by atoms with E-state index in [1.165, 1.54) is 29.2 Å². The van der Waals surface area contributed by atoms with E-state index in [1.807, 2.05) is 12.1 Å². The smallest absolute Gasteiger partial charge is 0.161 e. The van der Waals surface area contributed by atoms with Crippen LogP contribution in [0.5, 0.6) is 0 Å². The van der Waals surface area contributed by atoms with Gasteiger partial charge >= 0.3 is 0 Å². The second-order valence-corrected chi connectivity index (χ2v) is 5.43. The van der Waals surface area contributed by atoms with Gasteiger partial charge in [-0.1, -0.05) is 35.4 Å². The molecule has 98 valence electrons. The molecule has 0 aliphatic heterocycles. The summed E-state index contributed by atoms with van der Waals surface area (Å²) in [5, 5.41) is 0.518. The molecule has 0 bridgehead atoms. The molecule has 0 aliphatic rings. The van der Waals surface area contributed by atoms with Crippen molar-refractivity contribution in [2.24, 2.45) is 0 Å². The third kappa shape index (κ3) is 2.71. The number of hydrogen-bond donors (Lipinski definition) is 0. The van der Waals surface area contributed by atoms with Crippen LogP contribution in [-0.2, 0) is 0 Å². The zero-order chi connectivity index (χ0) is 14.2. The minimum Gasteiger partial charge on any atom is -0.294 e. The summed E-state index contributed by atoms with van der Waals surface area (Å²) in [7, 11) is 0. The summed E-state index contributed by atoms with van der Waals surface area (Å²) in [6.07, 6.45) is 0. The quantitative estimate of drug-likeness (QED) is 0.692. The Morgan fingerprint density at radius 3 is 2.05 bits per heavy atom. The summed E-state index contributed by atoms with van der Waals surface area (Å²) in [5.41, 5.74) is 6.54. The molecule has 2 rings (SSSR count). The molecule has 0 aliphatic carbocycles. The lowest BCUT2D eigenvalue weighted by atomic mass is 9.93. The SMILES string of the molecule is CC(=O)c1ccc(-c2c(C)cc(C)cc2C)cc1Cl. The Hall–Kier alpha value is -1.60. The Morgan fingerprint density at radius 2 is 1.58 bits per heavy atom. The molecule has 2 aromatic carbocycles. The summed E-state index contributed by atoms with van der Waals surface area (Å²) >= 11 is 6.19. The lowest BCUT2D eigenvalue weighted by Gasteiger charge is -2.13. The van der Waals surface area contributed by atoms with Gasteiger partial charge < -0.3 is 0 Å². The van der Waals surface area contributed by atoms with Crippen LogP contribution in [0.25, 0.3) is 11.1 Å². The Labute approximate surface area is 119 Å². The summed E-state index contributed by atoms with van der Waals surface area (Å²) in [6, 6.07) is 9.97. The molecule has 0 heterocycles. The fourth-order valence-electron chi connectivity index (χ4n) is 2.59. The van der Waals surface area contributed by atoms with E-state index in [-0.39, 0.29) is 5.78 Å². The molecular formula is C17H17ClO. The van der Waals surface area contributed by atoms with Crippen LogP contribution in [0.3, 0.4) is 0 Å². The average molecular weight is 273 g/mol. The number of benzene rings is 2. The van der Waals surface area contributed by atoms with Crippen molar-refractivity contribution < 1.29 is 4.79 Å². The molecule has 19 heavy (non-hydrogen) atoms. The van der Waals surface area contributed by atoms with Crippen molar-refractivity contribution in [1.82, 2.24) is 0 Å². The summed E-state index contributed by atoms with van der Waals surface area (Å²) < 4.78 is 0. The van der Waals surface area contributed by atoms with Gasteiger partial charge in [0.25, 0.3) is 0 Å². The molecule has 0 aromatic heterocycles. The fraction of sp³-hybridized carbons (Fsp3) is 0.235. The van der Waals surface area contributed by atoms with Crippen molar-refractivity contribution >= 4 is 17.4 Å². The third-order valence-electron chi connectivity index (χ3n) is 3.31. The zero-order valence-corrected chi connectivity index (χ0v) is 12.4. The average Bonchev–Trinajstić information content (AvgIpc) is 2.26. The Kier molecular flexibility index (Phi) is 3.77. The van der Waals surface area contributed by atoms with Gasteiger partial charge in [-0.2, -0.15) is 0 Å². The van der Waals surface area contributed by atoms with E-state index >= 15 is 0 Å². The molecule has 0 fully saturated rings. The lowest BCUT2D eigenvalue weighted by Crippen LogP contribution is -1.95. The highest BCUT2D eigenvalue weighted by atomic mass is 35.5. The molecule has 2 aromatic rings. The van der Waals surface area contributed by atoms with E-state index in [0.717, 1.165) is 5.56 Å². The first-order valence-electron chi connectivity index (χ1n) is 6.29. The van der Waals surface area contributed by atoms with Gasteiger partial charge in [-0.25, -0.2) is 0 Å². The van der Waals surface area contributed by atoms with Crippen LogP contribution in [-0.4, -0.2) is 5.78 Å². The summed E-state index contributed by atoms with van der Waals surface area (Å²) in [5.74, 6) is -0.00565. The topological polar surface area (TPSA) is 17.1 Å². The molecule has 0 saturated carbocycles. The van der Waals surface area contributed by atoms with Crippen LogP contribution in [0, 0.1) is 20.8 Å². The van der Waals surface area contributed by atoms with Crippen molar-refractivity contribution in [2.45, 2.75) is 27.7 Å². The van der Waals surface area contributed by atoms with Gasteiger partial charge in [-0.05, 0) is 62.1 Å². The van der Waals surface area contributed by atoms with Crippen LogP contribution in [0.15, 0.2) is 30.3 Å². The zero-order valence-electron chi connectivity index (χ0n) is 11.7. The highest BCUT2D eigenvalue weighted by Crippen LogP contribution is 2.31. The highest BCUT2D eigenvalue weighted by molar-refractivity contribution is 6.34. The minimum atomic E-state index is -0.00565. The number of Topliss-reactive ketones (excluding diaryl/α,β-unsaturated/α-hetero) is 1. The molecule has 1 nitrogen and oxygen atoms in total. The lowest BCUT2D eigenvalue weighted by molar-refractivity contribution is 0.101. The monoisotopic (exact) mass is 272 g/mol. The number of halogens is 1. The first-order chi connectivity index (χ1) is 8.90. The van der Waals surface area contributed by atoms with Crippen molar-refractivity contribution in [3.8, 4) is 11.1 Å². The maximum absolute atomic E-state index is 11.4. The maximum atomic E-state index is 11.4. The first-order valence-corrected chi connectivity index (χ1v) is 6.66. The molecule has 0 N–H and O–H groups in total. The van der Waals surface area contributed by atoms with E-state index in [2.05, 4.69) is 32.9 Å². The van der Waals surface area contributed by atoms with Crippen molar-refractivity contribution in [1.29, 1.82) is 0 Å². The van der Waals surface area contributed by atoms with Crippen LogP contribution in [0.2, 0.25) is 5.02 Å². The van der Waals surface area contributed by atoms with E-state index in [0.29, 0.717) is 10.6 Å². The minimum absolute atomic E-state index is 0.00565. The van der Waals surface area contributed by atoms with E-state index < -0.39 is 0 Å². The number of carbonyl (C=O) groups is 1. The molecule has 0 unspecified atom stereocenters. The second-order valence-electron chi connectivity index (χ2n) is 5.02. The number of hydrogen-bond acceptors (Lipinski definition) is 1. The van der Waals surface area contributed by atoms with Gasteiger partial charge in [-0.3, -0.25) is 4.79 Å². The van der Waals surface area contributed by atoms with Gasteiger partial charge in [0.15, 0.2) is 5.78 Å². The second kappa shape index (κ2) is 5.18. The van der Waals surface area contributed by atoms with Crippen LogP contribution < -0.4 is 0 Å². The Morgan fingerprint density at radius 1 is 1.00 bits per heavy atom. The predicted octanol–water partition coefficient (Wildman–Crippen LogP) is 5.13. The van der Waals surface area contributed by atoms with E-state index in [9.17, 15) is 4.79 Å².